The summed E-state index contributed by atoms with van der Waals surface area (Å²) in [6, 6.07) is 0. The van der Waals surface area contributed by atoms with Crippen molar-refractivity contribution in [3.8, 4) is 0 Å². The van der Waals surface area contributed by atoms with Crippen LogP contribution < -0.4 is 0 Å². The molecule has 18 heavy (non-hydrogen) atoms. The van der Waals surface area contributed by atoms with E-state index in [9.17, 15) is 9.36 Å². The standard InChI is InChI=1S/C12H23O5P/c1-2-12(13)17-10-8-6-4-3-5-7-9-11-18(14,15)16/h2H,1,3-11H2,(H2,14,15,16). The van der Waals surface area contributed by atoms with E-state index in [2.05, 4.69) is 6.58 Å². The number of ether oxygens (including phenoxy) is 1. The van der Waals surface area contributed by atoms with Gasteiger partial charge >= 0.3 is 13.6 Å². The topological polar surface area (TPSA) is 83.8 Å². The van der Waals surface area contributed by atoms with Gasteiger partial charge in [-0.25, -0.2) is 4.79 Å². The molecule has 0 aliphatic heterocycles. The maximum atomic E-state index is 10.7. The van der Waals surface area contributed by atoms with E-state index >= 15 is 0 Å². The van der Waals surface area contributed by atoms with Crippen molar-refractivity contribution in [1.29, 1.82) is 0 Å². The van der Waals surface area contributed by atoms with Gasteiger partial charge < -0.3 is 14.5 Å². The Kier molecular flexibility index (Phi) is 9.93. The average Bonchev–Trinajstić information content (AvgIpc) is 2.29. The number of rotatable bonds is 11. The van der Waals surface area contributed by atoms with E-state index in [4.69, 9.17) is 14.5 Å². The second kappa shape index (κ2) is 10.3. The van der Waals surface area contributed by atoms with Gasteiger partial charge in [-0.1, -0.05) is 38.7 Å². The zero-order valence-corrected chi connectivity index (χ0v) is 11.6. The van der Waals surface area contributed by atoms with Gasteiger partial charge in [-0.3, -0.25) is 4.57 Å². The second-order valence-electron chi connectivity index (χ2n) is 4.23. The van der Waals surface area contributed by atoms with Crippen LogP contribution in [-0.2, 0) is 14.1 Å². The lowest BCUT2D eigenvalue weighted by atomic mass is 10.1. The molecule has 2 N–H and O–H groups in total. The fourth-order valence-electron chi connectivity index (χ4n) is 1.54. The summed E-state index contributed by atoms with van der Waals surface area (Å²) in [5.41, 5.74) is 0. The van der Waals surface area contributed by atoms with Gasteiger partial charge in [0.05, 0.1) is 6.61 Å². The number of carbonyl (C=O) groups excluding carboxylic acids is 1. The zero-order chi connectivity index (χ0) is 13.9. The third kappa shape index (κ3) is 13.4. The maximum absolute atomic E-state index is 10.7. The fourth-order valence-corrected chi connectivity index (χ4v) is 2.17. The molecule has 0 aromatic rings. The third-order valence-corrected chi connectivity index (χ3v) is 3.40. The molecule has 0 radical (unpaired) electrons. The summed E-state index contributed by atoms with van der Waals surface area (Å²) in [6.45, 7) is 3.74. The minimum absolute atomic E-state index is 0.00942. The Bertz CT molecular complexity index is 284. The maximum Gasteiger partial charge on any atom is 0.330 e. The number of carbonyl (C=O) groups is 1. The normalized spacial score (nSPS) is 11.2. The van der Waals surface area contributed by atoms with Crippen molar-refractivity contribution in [2.24, 2.45) is 0 Å². The molecule has 0 aromatic carbocycles. The Morgan fingerprint density at radius 1 is 1.06 bits per heavy atom. The van der Waals surface area contributed by atoms with Crippen LogP contribution in [0.25, 0.3) is 0 Å². The molecule has 0 aliphatic rings. The van der Waals surface area contributed by atoms with E-state index in [1.165, 1.54) is 0 Å². The van der Waals surface area contributed by atoms with Gasteiger partial charge in [0.15, 0.2) is 0 Å². The zero-order valence-electron chi connectivity index (χ0n) is 10.7. The summed E-state index contributed by atoms with van der Waals surface area (Å²) in [5.74, 6) is -0.382. The third-order valence-electron chi connectivity index (χ3n) is 2.50. The Balaban J connectivity index is 3.15. The van der Waals surface area contributed by atoms with Crippen molar-refractivity contribution >= 4 is 13.6 Å². The van der Waals surface area contributed by atoms with E-state index in [0.29, 0.717) is 13.0 Å². The molecule has 0 rings (SSSR count). The lowest BCUT2D eigenvalue weighted by molar-refractivity contribution is -0.137. The summed E-state index contributed by atoms with van der Waals surface area (Å²) < 4.78 is 15.4. The highest BCUT2D eigenvalue weighted by Gasteiger charge is 2.10. The van der Waals surface area contributed by atoms with E-state index < -0.39 is 7.60 Å². The van der Waals surface area contributed by atoms with Gasteiger partial charge in [0.1, 0.15) is 0 Å². The molecule has 0 aromatic heterocycles. The summed E-state index contributed by atoms with van der Waals surface area (Å²) in [7, 11) is -3.81. The van der Waals surface area contributed by atoms with Crippen LogP contribution in [-0.4, -0.2) is 28.5 Å². The highest BCUT2D eigenvalue weighted by molar-refractivity contribution is 7.51. The predicted molar refractivity (Wildman–Crippen MR) is 70.4 cm³/mol. The molecule has 0 amide bonds. The molecule has 0 saturated heterocycles. The van der Waals surface area contributed by atoms with Crippen LogP contribution in [0.15, 0.2) is 12.7 Å². The van der Waals surface area contributed by atoms with Crippen molar-refractivity contribution in [2.75, 3.05) is 12.8 Å². The fraction of sp³-hybridized carbons (Fsp3) is 0.750. The number of hydrogen-bond donors (Lipinski definition) is 2. The molecule has 0 saturated carbocycles. The first-order valence-electron chi connectivity index (χ1n) is 6.29. The Hall–Kier alpha value is -0.640. The molecule has 106 valence electrons. The predicted octanol–water partition coefficient (Wildman–Crippen LogP) is 2.62. The van der Waals surface area contributed by atoms with Crippen LogP contribution >= 0.6 is 7.60 Å². The monoisotopic (exact) mass is 278 g/mol. The highest BCUT2D eigenvalue weighted by atomic mass is 31.2. The summed E-state index contributed by atoms with van der Waals surface area (Å²) in [4.78, 5) is 28.0. The van der Waals surface area contributed by atoms with Crippen LogP contribution in [0.5, 0.6) is 0 Å². The molecular formula is C12H23O5P. The second-order valence-corrected chi connectivity index (χ2v) is 6.01. The number of unbranched alkanes of at least 4 members (excludes halogenated alkanes) is 6. The first-order valence-corrected chi connectivity index (χ1v) is 8.09. The van der Waals surface area contributed by atoms with Crippen LogP contribution in [0.2, 0.25) is 0 Å². The number of esters is 1. The molecule has 0 bridgehead atoms. The van der Waals surface area contributed by atoms with Crippen LogP contribution in [0.4, 0.5) is 0 Å². The lowest BCUT2D eigenvalue weighted by Gasteiger charge is -2.04. The lowest BCUT2D eigenvalue weighted by Crippen LogP contribution is -2.01. The number of hydrogen-bond acceptors (Lipinski definition) is 3. The van der Waals surface area contributed by atoms with E-state index in [-0.39, 0.29) is 12.1 Å². The Labute approximate surface area is 108 Å². The van der Waals surface area contributed by atoms with Crippen LogP contribution in [0.1, 0.15) is 44.9 Å². The van der Waals surface area contributed by atoms with Crippen molar-refractivity contribution in [3.63, 3.8) is 0 Å². The largest absolute Gasteiger partial charge is 0.463 e. The Morgan fingerprint density at radius 2 is 1.56 bits per heavy atom. The van der Waals surface area contributed by atoms with Crippen molar-refractivity contribution in [2.45, 2.75) is 44.9 Å². The molecule has 0 unspecified atom stereocenters. The van der Waals surface area contributed by atoms with E-state index in [1.54, 1.807) is 0 Å². The molecule has 0 heterocycles. The van der Waals surface area contributed by atoms with Crippen LogP contribution in [0.3, 0.4) is 0 Å². The smallest absolute Gasteiger partial charge is 0.330 e. The summed E-state index contributed by atoms with van der Waals surface area (Å²) in [6.07, 6.45) is 7.54. The minimum atomic E-state index is -3.81. The summed E-state index contributed by atoms with van der Waals surface area (Å²) in [5, 5.41) is 0. The molecule has 0 atom stereocenters. The average molecular weight is 278 g/mol. The van der Waals surface area contributed by atoms with Crippen molar-refractivity contribution < 1.29 is 23.9 Å². The Morgan fingerprint density at radius 3 is 2.06 bits per heavy atom. The van der Waals surface area contributed by atoms with Crippen molar-refractivity contribution in [3.05, 3.63) is 12.7 Å². The molecule has 5 nitrogen and oxygen atoms in total. The highest BCUT2D eigenvalue weighted by Crippen LogP contribution is 2.35. The SMILES string of the molecule is C=CC(=O)OCCCCCCCCCP(=O)(O)O. The molecule has 6 heteroatoms. The van der Waals surface area contributed by atoms with E-state index in [0.717, 1.165) is 44.6 Å². The van der Waals surface area contributed by atoms with Gasteiger partial charge in [-0.2, -0.15) is 0 Å². The molecular weight excluding hydrogens is 255 g/mol. The van der Waals surface area contributed by atoms with Crippen molar-refractivity contribution in [1.82, 2.24) is 0 Å². The summed E-state index contributed by atoms with van der Waals surface area (Å²) >= 11 is 0. The van der Waals surface area contributed by atoms with Gasteiger partial charge in [-0.15, -0.1) is 0 Å². The van der Waals surface area contributed by atoms with E-state index in [1.807, 2.05) is 0 Å². The van der Waals surface area contributed by atoms with Gasteiger partial charge in [0, 0.05) is 12.2 Å². The first kappa shape index (κ1) is 17.4. The molecule has 0 aliphatic carbocycles. The van der Waals surface area contributed by atoms with Crippen LogP contribution in [0, 0.1) is 0 Å². The van der Waals surface area contributed by atoms with Gasteiger partial charge in [-0.05, 0) is 12.8 Å². The quantitative estimate of drug-likeness (QED) is 0.263. The molecule has 0 fully saturated rings. The first-order chi connectivity index (χ1) is 8.45. The minimum Gasteiger partial charge on any atom is -0.463 e. The molecule has 0 spiro atoms. The van der Waals surface area contributed by atoms with Gasteiger partial charge in [0.2, 0.25) is 0 Å². The van der Waals surface area contributed by atoms with Gasteiger partial charge in [0.25, 0.3) is 0 Å².